The smallest absolute Gasteiger partial charge is 0.238 e. The Kier molecular flexibility index (Phi) is 5.48. The van der Waals surface area contributed by atoms with Crippen molar-refractivity contribution in [3.8, 4) is 0 Å². The van der Waals surface area contributed by atoms with Crippen molar-refractivity contribution in [3.05, 3.63) is 30.1 Å². The van der Waals surface area contributed by atoms with E-state index in [1.165, 1.54) is 12.1 Å². The Balaban J connectivity index is 2.34. The number of nitrogens with one attached hydrogen (secondary N) is 2. The van der Waals surface area contributed by atoms with E-state index < -0.39 is 0 Å². The third-order valence-electron chi connectivity index (χ3n) is 3.56. The van der Waals surface area contributed by atoms with Crippen LogP contribution in [0.5, 0.6) is 0 Å². The first-order chi connectivity index (χ1) is 8.81. The Morgan fingerprint density at radius 1 is 1.26 bits per heavy atom. The van der Waals surface area contributed by atoms with E-state index in [0.29, 0.717) is 11.6 Å². The first-order valence-corrected chi connectivity index (χ1v) is 6.57. The molecule has 3 nitrogen and oxygen atoms in total. The average Bonchev–Trinajstić information content (AvgIpc) is 2.31. The van der Waals surface area contributed by atoms with Gasteiger partial charge in [0.2, 0.25) is 5.91 Å². The van der Waals surface area contributed by atoms with Gasteiger partial charge in [0.05, 0.1) is 6.54 Å². The van der Waals surface area contributed by atoms with Crippen LogP contribution in [0.1, 0.15) is 27.7 Å². The highest BCUT2D eigenvalue weighted by Gasteiger charge is 2.21. The van der Waals surface area contributed by atoms with Crippen LogP contribution < -0.4 is 10.6 Å². The maximum atomic E-state index is 12.7. The molecule has 0 spiro atoms. The van der Waals surface area contributed by atoms with E-state index in [0.717, 1.165) is 6.54 Å². The van der Waals surface area contributed by atoms with E-state index in [9.17, 15) is 9.18 Å². The quantitative estimate of drug-likeness (QED) is 0.831. The third-order valence-corrected chi connectivity index (χ3v) is 3.56. The van der Waals surface area contributed by atoms with Crippen molar-refractivity contribution in [2.24, 2.45) is 11.3 Å². The van der Waals surface area contributed by atoms with Crippen LogP contribution in [0, 0.1) is 17.2 Å². The first-order valence-electron chi connectivity index (χ1n) is 6.57. The predicted octanol–water partition coefficient (Wildman–Crippen LogP) is 3.04. The summed E-state index contributed by atoms with van der Waals surface area (Å²) in [5, 5.41) is 5.87. The first kappa shape index (κ1) is 15.6. The van der Waals surface area contributed by atoms with Gasteiger partial charge in [-0.1, -0.05) is 27.7 Å². The summed E-state index contributed by atoms with van der Waals surface area (Å²) >= 11 is 0. The molecule has 0 heterocycles. The largest absolute Gasteiger partial charge is 0.325 e. The van der Waals surface area contributed by atoms with Crippen LogP contribution in [-0.2, 0) is 4.79 Å². The number of carbonyl (C=O) groups is 1. The van der Waals surface area contributed by atoms with Crippen LogP contribution >= 0.6 is 0 Å². The molecule has 0 unspecified atom stereocenters. The summed E-state index contributed by atoms with van der Waals surface area (Å²) in [7, 11) is 0. The fraction of sp³-hybridized carbons (Fsp3) is 0.533. The average molecular weight is 266 g/mol. The van der Waals surface area contributed by atoms with Crippen LogP contribution in [0.15, 0.2) is 24.3 Å². The number of benzene rings is 1. The zero-order valence-electron chi connectivity index (χ0n) is 12.1. The van der Waals surface area contributed by atoms with E-state index in [1.54, 1.807) is 12.1 Å². The second-order valence-electron chi connectivity index (χ2n) is 5.80. The third kappa shape index (κ3) is 5.39. The minimum absolute atomic E-state index is 0.119. The molecule has 0 saturated heterocycles. The van der Waals surface area contributed by atoms with Crippen LogP contribution in [-0.4, -0.2) is 19.0 Å². The SMILES string of the molecule is CC(C)C(C)(C)CNCC(=O)Nc1ccc(F)cc1. The molecule has 0 radical (unpaired) electrons. The fourth-order valence-corrected chi connectivity index (χ4v) is 1.44. The second kappa shape index (κ2) is 6.66. The van der Waals surface area contributed by atoms with Crippen molar-refractivity contribution in [2.45, 2.75) is 27.7 Å². The molecular formula is C15H23FN2O. The molecule has 0 atom stereocenters. The highest BCUT2D eigenvalue weighted by molar-refractivity contribution is 5.92. The maximum absolute atomic E-state index is 12.7. The lowest BCUT2D eigenvalue weighted by atomic mass is 9.81. The molecule has 1 aromatic carbocycles. The highest BCUT2D eigenvalue weighted by atomic mass is 19.1. The van der Waals surface area contributed by atoms with Crippen LogP contribution in [0.25, 0.3) is 0 Å². The van der Waals surface area contributed by atoms with Gasteiger partial charge in [-0.25, -0.2) is 4.39 Å². The number of rotatable bonds is 6. The summed E-state index contributed by atoms with van der Waals surface area (Å²) < 4.78 is 12.7. The molecule has 0 saturated carbocycles. The van der Waals surface area contributed by atoms with E-state index in [-0.39, 0.29) is 23.7 Å². The van der Waals surface area contributed by atoms with Crippen molar-refractivity contribution in [3.63, 3.8) is 0 Å². The summed E-state index contributed by atoms with van der Waals surface area (Å²) in [6, 6.07) is 5.74. The molecule has 0 aromatic heterocycles. The fourth-order valence-electron chi connectivity index (χ4n) is 1.44. The summed E-state index contributed by atoms with van der Waals surface area (Å²) in [6.45, 7) is 9.71. The lowest BCUT2D eigenvalue weighted by Crippen LogP contribution is -2.37. The second-order valence-corrected chi connectivity index (χ2v) is 5.80. The Labute approximate surface area is 114 Å². The summed E-state index contributed by atoms with van der Waals surface area (Å²) in [5.41, 5.74) is 0.757. The molecule has 0 aliphatic carbocycles. The number of hydrogen-bond acceptors (Lipinski definition) is 2. The van der Waals surface area contributed by atoms with E-state index in [2.05, 4.69) is 38.3 Å². The highest BCUT2D eigenvalue weighted by Crippen LogP contribution is 2.24. The molecule has 2 N–H and O–H groups in total. The van der Waals surface area contributed by atoms with Gasteiger partial charge in [-0.2, -0.15) is 0 Å². The maximum Gasteiger partial charge on any atom is 0.238 e. The monoisotopic (exact) mass is 266 g/mol. The Bertz CT molecular complexity index is 413. The van der Waals surface area contributed by atoms with E-state index >= 15 is 0 Å². The van der Waals surface area contributed by atoms with Crippen LogP contribution in [0.2, 0.25) is 0 Å². The van der Waals surface area contributed by atoms with Crippen molar-refractivity contribution in [2.75, 3.05) is 18.4 Å². The van der Waals surface area contributed by atoms with Gasteiger partial charge in [-0.3, -0.25) is 4.79 Å². The van der Waals surface area contributed by atoms with Gasteiger partial charge in [-0.15, -0.1) is 0 Å². The molecule has 106 valence electrons. The van der Waals surface area contributed by atoms with Gasteiger partial charge in [0, 0.05) is 12.2 Å². The van der Waals surface area contributed by atoms with Crippen molar-refractivity contribution in [1.82, 2.24) is 5.32 Å². The molecule has 1 amide bonds. The number of amides is 1. The standard InChI is InChI=1S/C15H23FN2O/c1-11(2)15(3,4)10-17-9-14(19)18-13-7-5-12(16)6-8-13/h5-8,11,17H,9-10H2,1-4H3,(H,18,19). The van der Waals surface area contributed by atoms with Crippen molar-refractivity contribution in [1.29, 1.82) is 0 Å². The van der Waals surface area contributed by atoms with Crippen LogP contribution in [0.4, 0.5) is 10.1 Å². The van der Waals surface area contributed by atoms with Crippen molar-refractivity contribution < 1.29 is 9.18 Å². The number of hydrogen-bond donors (Lipinski definition) is 2. The number of halogens is 1. The molecule has 19 heavy (non-hydrogen) atoms. The Morgan fingerprint density at radius 3 is 2.37 bits per heavy atom. The van der Waals surface area contributed by atoms with Crippen molar-refractivity contribution >= 4 is 11.6 Å². The lowest BCUT2D eigenvalue weighted by molar-refractivity contribution is -0.115. The normalized spacial score (nSPS) is 11.7. The topological polar surface area (TPSA) is 41.1 Å². The molecule has 1 aromatic rings. The minimum Gasteiger partial charge on any atom is -0.325 e. The molecule has 1 rings (SSSR count). The molecule has 4 heteroatoms. The summed E-state index contributed by atoms with van der Waals surface area (Å²) in [6.07, 6.45) is 0. The molecular weight excluding hydrogens is 243 g/mol. The Morgan fingerprint density at radius 2 is 1.84 bits per heavy atom. The zero-order valence-corrected chi connectivity index (χ0v) is 12.1. The minimum atomic E-state index is -0.310. The number of carbonyl (C=O) groups excluding carboxylic acids is 1. The molecule has 0 aliphatic heterocycles. The lowest BCUT2D eigenvalue weighted by Gasteiger charge is -2.29. The van der Waals surface area contributed by atoms with E-state index in [1.807, 2.05) is 0 Å². The Hall–Kier alpha value is -1.42. The van der Waals surface area contributed by atoms with Gasteiger partial charge in [0.1, 0.15) is 5.82 Å². The van der Waals surface area contributed by atoms with Gasteiger partial charge in [0.15, 0.2) is 0 Å². The summed E-state index contributed by atoms with van der Waals surface area (Å²) in [5.74, 6) is 0.112. The van der Waals surface area contributed by atoms with Gasteiger partial charge in [-0.05, 0) is 35.6 Å². The predicted molar refractivity (Wildman–Crippen MR) is 76.5 cm³/mol. The zero-order chi connectivity index (χ0) is 14.5. The summed E-state index contributed by atoms with van der Waals surface area (Å²) in [4.78, 5) is 11.7. The number of anilines is 1. The van der Waals surface area contributed by atoms with Gasteiger partial charge < -0.3 is 10.6 Å². The van der Waals surface area contributed by atoms with Gasteiger partial charge >= 0.3 is 0 Å². The van der Waals surface area contributed by atoms with Gasteiger partial charge in [0.25, 0.3) is 0 Å². The molecule has 0 fully saturated rings. The molecule has 0 bridgehead atoms. The van der Waals surface area contributed by atoms with E-state index in [4.69, 9.17) is 0 Å². The van der Waals surface area contributed by atoms with Crippen LogP contribution in [0.3, 0.4) is 0 Å². The molecule has 0 aliphatic rings.